The molecule has 1 aromatic carbocycles. The molecule has 1 heterocycles. The number of aromatic nitrogens is 1. The number of rotatable bonds is 3. The van der Waals surface area contributed by atoms with Crippen molar-refractivity contribution in [3.63, 3.8) is 0 Å². The van der Waals surface area contributed by atoms with E-state index in [1.54, 1.807) is 29.0 Å². The van der Waals surface area contributed by atoms with Crippen LogP contribution in [0.4, 0.5) is 13.2 Å². The molecule has 94 valence electrons. The van der Waals surface area contributed by atoms with Gasteiger partial charge < -0.3 is 4.57 Å². The summed E-state index contributed by atoms with van der Waals surface area (Å²) in [6.45, 7) is 0.328. The van der Waals surface area contributed by atoms with Gasteiger partial charge in [-0.3, -0.25) is 0 Å². The van der Waals surface area contributed by atoms with Crippen LogP contribution in [0.2, 0.25) is 0 Å². The van der Waals surface area contributed by atoms with Crippen molar-refractivity contribution in [2.75, 3.05) is 0 Å². The van der Waals surface area contributed by atoms with Crippen molar-refractivity contribution in [1.29, 1.82) is 5.26 Å². The summed E-state index contributed by atoms with van der Waals surface area (Å²) in [5, 5.41) is 9.63. The molecule has 2 rings (SSSR count). The molecule has 0 radical (unpaired) electrons. The Morgan fingerprint density at radius 3 is 2.67 bits per heavy atom. The zero-order valence-corrected chi connectivity index (χ0v) is 9.54. The van der Waals surface area contributed by atoms with Crippen LogP contribution in [0.3, 0.4) is 0 Å². The van der Waals surface area contributed by atoms with Gasteiger partial charge in [-0.15, -0.1) is 0 Å². The molecule has 0 aliphatic heterocycles. The van der Waals surface area contributed by atoms with E-state index in [2.05, 4.69) is 0 Å². The summed E-state index contributed by atoms with van der Waals surface area (Å²) in [5.41, 5.74) is 1.41. The van der Waals surface area contributed by atoms with Crippen LogP contribution in [0.1, 0.15) is 18.4 Å². The highest BCUT2D eigenvalue weighted by molar-refractivity contribution is 5.81. The van der Waals surface area contributed by atoms with Crippen LogP contribution in [-0.4, -0.2) is 10.7 Å². The molecule has 0 amide bonds. The average molecular weight is 252 g/mol. The number of halogens is 3. The Morgan fingerprint density at radius 1 is 1.22 bits per heavy atom. The molecule has 0 saturated heterocycles. The number of nitriles is 1. The van der Waals surface area contributed by atoms with E-state index in [1.165, 1.54) is 0 Å². The van der Waals surface area contributed by atoms with Gasteiger partial charge in [0.2, 0.25) is 0 Å². The third-order valence-electron chi connectivity index (χ3n) is 2.76. The third-order valence-corrected chi connectivity index (χ3v) is 2.76. The second-order valence-corrected chi connectivity index (χ2v) is 4.11. The summed E-state index contributed by atoms with van der Waals surface area (Å²) in [6.07, 6.45) is -3.06. The standard InChI is InChI=1S/C13H11F3N2/c14-13(15,16)5-1-6-18-7-4-11-8-10(9-17)2-3-12(11)18/h2-4,7-8H,1,5-6H2. The van der Waals surface area contributed by atoms with Crippen LogP contribution >= 0.6 is 0 Å². The first-order chi connectivity index (χ1) is 8.49. The Balaban J connectivity index is 2.13. The molecule has 2 nitrogen and oxygen atoms in total. The fourth-order valence-corrected chi connectivity index (χ4v) is 1.91. The lowest BCUT2D eigenvalue weighted by atomic mass is 10.2. The second kappa shape index (κ2) is 4.73. The number of nitrogens with zero attached hydrogens (tertiary/aromatic N) is 2. The van der Waals surface area contributed by atoms with Gasteiger partial charge in [-0.2, -0.15) is 18.4 Å². The minimum atomic E-state index is -4.10. The van der Waals surface area contributed by atoms with E-state index in [9.17, 15) is 13.2 Å². The number of hydrogen-bond acceptors (Lipinski definition) is 1. The van der Waals surface area contributed by atoms with Crippen LogP contribution < -0.4 is 0 Å². The van der Waals surface area contributed by atoms with Crippen LogP contribution in [0.25, 0.3) is 10.9 Å². The molecule has 1 aromatic heterocycles. The van der Waals surface area contributed by atoms with E-state index >= 15 is 0 Å². The van der Waals surface area contributed by atoms with Crippen molar-refractivity contribution in [1.82, 2.24) is 4.57 Å². The highest BCUT2D eigenvalue weighted by atomic mass is 19.4. The molecule has 0 bridgehead atoms. The lowest BCUT2D eigenvalue weighted by molar-refractivity contribution is -0.135. The van der Waals surface area contributed by atoms with E-state index in [0.29, 0.717) is 12.1 Å². The second-order valence-electron chi connectivity index (χ2n) is 4.11. The molecule has 0 aliphatic carbocycles. The van der Waals surface area contributed by atoms with E-state index in [4.69, 9.17) is 5.26 Å². The summed E-state index contributed by atoms with van der Waals surface area (Å²) in [7, 11) is 0. The molecule has 0 atom stereocenters. The predicted octanol–water partition coefficient (Wildman–Crippen LogP) is 3.86. The van der Waals surface area contributed by atoms with Crippen molar-refractivity contribution in [3.8, 4) is 6.07 Å². The van der Waals surface area contributed by atoms with Crippen LogP contribution in [0.5, 0.6) is 0 Å². The highest BCUT2D eigenvalue weighted by Crippen LogP contribution is 2.23. The quantitative estimate of drug-likeness (QED) is 0.815. The molecule has 0 N–H and O–H groups in total. The highest BCUT2D eigenvalue weighted by Gasteiger charge is 2.26. The molecule has 0 aliphatic rings. The van der Waals surface area contributed by atoms with Crippen LogP contribution in [-0.2, 0) is 6.54 Å². The summed E-state index contributed by atoms with van der Waals surface area (Å²) in [4.78, 5) is 0. The lowest BCUT2D eigenvalue weighted by Gasteiger charge is -2.08. The first-order valence-corrected chi connectivity index (χ1v) is 5.55. The van der Waals surface area contributed by atoms with Crippen molar-refractivity contribution in [3.05, 3.63) is 36.0 Å². The van der Waals surface area contributed by atoms with E-state index < -0.39 is 12.6 Å². The van der Waals surface area contributed by atoms with Crippen molar-refractivity contribution >= 4 is 10.9 Å². The number of benzene rings is 1. The molecular formula is C13H11F3N2. The summed E-state index contributed by atoms with van der Waals surface area (Å²) >= 11 is 0. The predicted molar refractivity (Wildman–Crippen MR) is 61.9 cm³/mol. The first kappa shape index (κ1) is 12.5. The maximum absolute atomic E-state index is 12.1. The molecule has 0 saturated carbocycles. The maximum Gasteiger partial charge on any atom is 0.389 e. The van der Waals surface area contributed by atoms with Crippen molar-refractivity contribution in [2.45, 2.75) is 25.6 Å². The minimum absolute atomic E-state index is 0.0628. The summed E-state index contributed by atoms with van der Waals surface area (Å²) < 4.78 is 37.9. The van der Waals surface area contributed by atoms with Gasteiger partial charge in [-0.25, -0.2) is 0 Å². The Labute approximate surface area is 102 Å². The number of fused-ring (bicyclic) bond motifs is 1. The molecule has 0 fully saturated rings. The topological polar surface area (TPSA) is 28.7 Å². The molecule has 2 aromatic rings. The Bertz CT molecular complexity index is 590. The average Bonchev–Trinajstić information content (AvgIpc) is 2.70. The maximum atomic E-state index is 12.1. The van der Waals surface area contributed by atoms with Gasteiger partial charge in [0, 0.05) is 30.1 Å². The smallest absolute Gasteiger partial charge is 0.347 e. The number of aryl methyl sites for hydroxylation is 1. The number of alkyl halides is 3. The van der Waals surface area contributed by atoms with Gasteiger partial charge in [0.25, 0.3) is 0 Å². The lowest BCUT2D eigenvalue weighted by Crippen LogP contribution is -2.08. The first-order valence-electron chi connectivity index (χ1n) is 5.55. The van der Waals surface area contributed by atoms with Gasteiger partial charge >= 0.3 is 6.18 Å². The van der Waals surface area contributed by atoms with Crippen LogP contribution in [0.15, 0.2) is 30.5 Å². The van der Waals surface area contributed by atoms with E-state index in [1.807, 2.05) is 12.1 Å². The Hall–Kier alpha value is -1.96. The zero-order chi connectivity index (χ0) is 13.2. The fourth-order valence-electron chi connectivity index (χ4n) is 1.91. The van der Waals surface area contributed by atoms with Gasteiger partial charge in [0.1, 0.15) is 0 Å². The van der Waals surface area contributed by atoms with E-state index in [-0.39, 0.29) is 6.42 Å². The van der Waals surface area contributed by atoms with Crippen LogP contribution in [0, 0.1) is 11.3 Å². The van der Waals surface area contributed by atoms with Crippen molar-refractivity contribution < 1.29 is 13.2 Å². The molecule has 0 spiro atoms. The number of hydrogen-bond donors (Lipinski definition) is 0. The zero-order valence-electron chi connectivity index (χ0n) is 9.54. The Kier molecular flexibility index (Phi) is 3.28. The summed E-state index contributed by atoms with van der Waals surface area (Å²) in [5.74, 6) is 0. The van der Waals surface area contributed by atoms with Crippen molar-refractivity contribution in [2.24, 2.45) is 0 Å². The van der Waals surface area contributed by atoms with Gasteiger partial charge in [-0.05, 0) is 30.7 Å². The largest absolute Gasteiger partial charge is 0.389 e. The van der Waals surface area contributed by atoms with Gasteiger partial charge in [-0.1, -0.05) is 0 Å². The van der Waals surface area contributed by atoms with Gasteiger partial charge in [0.05, 0.1) is 11.6 Å². The Morgan fingerprint density at radius 2 is 2.00 bits per heavy atom. The molecular weight excluding hydrogens is 241 g/mol. The van der Waals surface area contributed by atoms with Gasteiger partial charge in [0.15, 0.2) is 0 Å². The fraction of sp³-hybridized carbons (Fsp3) is 0.308. The van der Waals surface area contributed by atoms with E-state index in [0.717, 1.165) is 10.9 Å². The normalized spacial score (nSPS) is 11.7. The molecule has 0 unspecified atom stereocenters. The summed E-state index contributed by atoms with van der Waals surface area (Å²) in [6, 6.07) is 9.01. The SMILES string of the molecule is N#Cc1ccc2c(ccn2CCCC(F)(F)F)c1. The monoisotopic (exact) mass is 252 g/mol. The minimum Gasteiger partial charge on any atom is -0.347 e. The third kappa shape index (κ3) is 2.83. The molecule has 5 heteroatoms. The molecule has 18 heavy (non-hydrogen) atoms.